The summed E-state index contributed by atoms with van der Waals surface area (Å²) in [5.41, 5.74) is 1.58. The Morgan fingerprint density at radius 2 is 1.73 bits per heavy atom. The smallest absolute Gasteiger partial charge is 0.251 e. The van der Waals surface area contributed by atoms with Crippen LogP contribution in [-0.2, 0) is 4.79 Å². The zero-order valence-corrected chi connectivity index (χ0v) is 18.0. The summed E-state index contributed by atoms with van der Waals surface area (Å²) in [7, 11) is 0. The fourth-order valence-corrected chi connectivity index (χ4v) is 3.53. The van der Waals surface area contributed by atoms with Crippen LogP contribution in [0.3, 0.4) is 0 Å². The molecule has 0 bridgehead atoms. The van der Waals surface area contributed by atoms with Crippen molar-refractivity contribution in [2.45, 2.75) is 13.3 Å². The lowest BCUT2D eigenvalue weighted by Crippen LogP contribution is -2.50. The Balaban J connectivity index is 1.31. The Kier molecular flexibility index (Phi) is 8.11. The van der Waals surface area contributed by atoms with E-state index in [2.05, 4.69) is 10.2 Å². The third-order valence-corrected chi connectivity index (χ3v) is 5.48. The van der Waals surface area contributed by atoms with Gasteiger partial charge >= 0.3 is 0 Å². The maximum absolute atomic E-state index is 12.4. The number of carbonyl (C=O) groups excluding carboxylic acids is 2. The first-order valence-corrected chi connectivity index (χ1v) is 10.6. The van der Waals surface area contributed by atoms with E-state index in [1.165, 1.54) is 0 Å². The minimum atomic E-state index is -0.133. The summed E-state index contributed by atoms with van der Waals surface area (Å²) < 4.78 is 5.74. The van der Waals surface area contributed by atoms with Gasteiger partial charge in [-0.15, -0.1) is 0 Å². The molecule has 1 aliphatic heterocycles. The average molecular weight is 430 g/mol. The summed E-state index contributed by atoms with van der Waals surface area (Å²) >= 11 is 5.87. The van der Waals surface area contributed by atoms with E-state index in [1.807, 2.05) is 54.3 Å². The van der Waals surface area contributed by atoms with E-state index >= 15 is 0 Å². The molecule has 0 aromatic heterocycles. The Morgan fingerprint density at radius 3 is 2.43 bits per heavy atom. The van der Waals surface area contributed by atoms with Gasteiger partial charge in [0.05, 0.1) is 0 Å². The Morgan fingerprint density at radius 1 is 1.03 bits per heavy atom. The molecule has 0 unspecified atom stereocenters. The van der Waals surface area contributed by atoms with Crippen LogP contribution in [-0.4, -0.2) is 67.5 Å². The number of nitrogens with zero attached hydrogens (tertiary/aromatic N) is 2. The Bertz CT molecular complexity index is 849. The van der Waals surface area contributed by atoms with Crippen molar-refractivity contribution < 1.29 is 14.3 Å². The van der Waals surface area contributed by atoms with Crippen LogP contribution in [0.1, 0.15) is 22.3 Å². The van der Waals surface area contributed by atoms with Gasteiger partial charge in [-0.3, -0.25) is 14.5 Å². The van der Waals surface area contributed by atoms with Crippen molar-refractivity contribution in [3.63, 3.8) is 0 Å². The van der Waals surface area contributed by atoms with Gasteiger partial charge in [0.1, 0.15) is 12.4 Å². The first-order chi connectivity index (χ1) is 14.5. The maximum Gasteiger partial charge on any atom is 0.251 e. The lowest BCUT2D eigenvalue weighted by molar-refractivity contribution is -0.132. The molecule has 2 aromatic rings. The van der Waals surface area contributed by atoms with Crippen LogP contribution in [0, 0.1) is 6.92 Å². The van der Waals surface area contributed by atoms with Crippen LogP contribution in [0.15, 0.2) is 48.5 Å². The van der Waals surface area contributed by atoms with Crippen molar-refractivity contribution >= 4 is 23.4 Å². The van der Waals surface area contributed by atoms with E-state index in [0.717, 1.165) is 30.9 Å². The molecule has 3 rings (SSSR count). The lowest BCUT2D eigenvalue weighted by Gasteiger charge is -2.34. The van der Waals surface area contributed by atoms with E-state index in [4.69, 9.17) is 16.3 Å². The molecule has 160 valence electrons. The predicted octanol–water partition coefficient (Wildman–Crippen LogP) is 2.99. The molecular weight excluding hydrogens is 402 g/mol. The second-order valence-corrected chi connectivity index (χ2v) is 7.78. The summed E-state index contributed by atoms with van der Waals surface area (Å²) in [6.45, 7) is 6.71. The molecule has 1 N–H and O–H groups in total. The second-order valence-electron chi connectivity index (χ2n) is 7.35. The molecule has 1 saturated heterocycles. The number of nitrogens with one attached hydrogen (secondary N) is 1. The normalized spacial score (nSPS) is 14.4. The van der Waals surface area contributed by atoms with E-state index in [9.17, 15) is 9.59 Å². The van der Waals surface area contributed by atoms with Gasteiger partial charge in [0, 0.05) is 56.3 Å². The monoisotopic (exact) mass is 429 g/mol. The van der Waals surface area contributed by atoms with Gasteiger partial charge in [-0.05, 0) is 42.8 Å². The number of benzene rings is 2. The summed E-state index contributed by atoms with van der Waals surface area (Å²) in [6.07, 6.45) is 0.317. The molecule has 1 aliphatic rings. The van der Waals surface area contributed by atoms with E-state index in [-0.39, 0.29) is 11.8 Å². The van der Waals surface area contributed by atoms with Gasteiger partial charge in [0.25, 0.3) is 5.91 Å². The zero-order chi connectivity index (χ0) is 21.3. The minimum absolute atomic E-state index is 0.0807. The summed E-state index contributed by atoms with van der Waals surface area (Å²) in [5.74, 6) is 0.754. The molecule has 0 spiro atoms. The highest BCUT2D eigenvalue weighted by atomic mass is 35.5. The number of halogens is 1. The Labute approximate surface area is 182 Å². The van der Waals surface area contributed by atoms with Crippen LogP contribution in [0.4, 0.5) is 0 Å². The van der Waals surface area contributed by atoms with E-state index in [1.54, 1.807) is 6.07 Å². The Hall–Kier alpha value is -2.57. The quantitative estimate of drug-likeness (QED) is 0.700. The molecule has 30 heavy (non-hydrogen) atoms. The highest BCUT2D eigenvalue weighted by Crippen LogP contribution is 2.15. The molecule has 0 saturated carbocycles. The molecule has 0 atom stereocenters. The first-order valence-electron chi connectivity index (χ1n) is 10.3. The van der Waals surface area contributed by atoms with Crippen molar-refractivity contribution in [2.24, 2.45) is 0 Å². The predicted molar refractivity (Wildman–Crippen MR) is 118 cm³/mol. The number of carbonyl (C=O) groups is 2. The van der Waals surface area contributed by atoms with Crippen LogP contribution in [0.5, 0.6) is 5.75 Å². The molecule has 2 amide bonds. The van der Waals surface area contributed by atoms with Crippen LogP contribution in [0.25, 0.3) is 0 Å². The molecule has 7 heteroatoms. The van der Waals surface area contributed by atoms with Gasteiger partial charge in [-0.2, -0.15) is 0 Å². The first kappa shape index (κ1) is 22.1. The fraction of sp³-hybridized carbons (Fsp3) is 0.391. The van der Waals surface area contributed by atoms with Gasteiger partial charge in [-0.1, -0.05) is 29.8 Å². The van der Waals surface area contributed by atoms with Crippen molar-refractivity contribution in [1.82, 2.24) is 15.1 Å². The molecule has 2 aromatic carbocycles. The number of rotatable bonds is 8. The van der Waals surface area contributed by atoms with Crippen molar-refractivity contribution in [3.05, 3.63) is 64.7 Å². The standard InChI is InChI=1S/C23H28ClN3O3/c1-18-4-2-3-5-21(18)23(29)25-11-10-22(28)27-14-12-26(13-15-27)16-17-30-20-8-6-19(24)7-9-20/h2-9H,10-17H2,1H3,(H,25,29). The van der Waals surface area contributed by atoms with Crippen molar-refractivity contribution in [2.75, 3.05) is 45.9 Å². The lowest BCUT2D eigenvalue weighted by atomic mass is 10.1. The third kappa shape index (κ3) is 6.47. The average Bonchev–Trinajstić information content (AvgIpc) is 2.76. The van der Waals surface area contributed by atoms with Crippen molar-refractivity contribution in [1.29, 1.82) is 0 Å². The van der Waals surface area contributed by atoms with Gasteiger partial charge in [-0.25, -0.2) is 0 Å². The summed E-state index contributed by atoms with van der Waals surface area (Å²) in [6, 6.07) is 14.8. The van der Waals surface area contributed by atoms with Gasteiger partial charge < -0.3 is 15.0 Å². The molecular formula is C23H28ClN3O3. The van der Waals surface area contributed by atoms with E-state index < -0.39 is 0 Å². The topological polar surface area (TPSA) is 61.9 Å². The van der Waals surface area contributed by atoms with E-state index in [0.29, 0.717) is 43.2 Å². The highest BCUT2D eigenvalue weighted by Gasteiger charge is 2.21. The number of hydrogen-bond donors (Lipinski definition) is 1. The molecule has 0 aliphatic carbocycles. The largest absolute Gasteiger partial charge is 0.492 e. The minimum Gasteiger partial charge on any atom is -0.492 e. The molecule has 6 nitrogen and oxygen atoms in total. The number of ether oxygens (including phenoxy) is 1. The number of piperazine rings is 1. The fourth-order valence-electron chi connectivity index (χ4n) is 3.41. The van der Waals surface area contributed by atoms with Crippen LogP contribution >= 0.6 is 11.6 Å². The number of hydrogen-bond acceptors (Lipinski definition) is 4. The summed E-state index contributed by atoms with van der Waals surface area (Å²) in [5, 5.41) is 3.54. The molecule has 0 radical (unpaired) electrons. The molecule has 1 fully saturated rings. The third-order valence-electron chi connectivity index (χ3n) is 5.23. The maximum atomic E-state index is 12.4. The van der Waals surface area contributed by atoms with Gasteiger partial charge in [0.15, 0.2) is 0 Å². The second kappa shape index (κ2) is 11.0. The molecule has 1 heterocycles. The van der Waals surface area contributed by atoms with Crippen LogP contribution < -0.4 is 10.1 Å². The SMILES string of the molecule is Cc1ccccc1C(=O)NCCC(=O)N1CCN(CCOc2ccc(Cl)cc2)CC1. The zero-order valence-electron chi connectivity index (χ0n) is 17.3. The van der Waals surface area contributed by atoms with Gasteiger partial charge in [0.2, 0.25) is 5.91 Å². The number of aryl methyl sites for hydroxylation is 1. The summed E-state index contributed by atoms with van der Waals surface area (Å²) in [4.78, 5) is 28.8. The van der Waals surface area contributed by atoms with Crippen molar-refractivity contribution in [3.8, 4) is 5.75 Å². The van der Waals surface area contributed by atoms with Crippen LogP contribution in [0.2, 0.25) is 5.02 Å². The highest BCUT2D eigenvalue weighted by molar-refractivity contribution is 6.30. The number of amides is 2.